The molecule has 4 saturated carbocycles. The van der Waals surface area contributed by atoms with E-state index in [1.165, 1.54) is 19.3 Å². The van der Waals surface area contributed by atoms with Crippen molar-refractivity contribution in [2.45, 2.75) is 50.5 Å². The molecule has 6 rings (SSSR count). The van der Waals surface area contributed by atoms with Crippen LogP contribution < -0.4 is 0 Å². The van der Waals surface area contributed by atoms with Gasteiger partial charge in [-0.1, -0.05) is 30.0 Å². The van der Waals surface area contributed by atoms with Crippen LogP contribution in [0.4, 0.5) is 0 Å². The second-order valence-electron chi connectivity index (χ2n) is 8.50. The van der Waals surface area contributed by atoms with E-state index in [4.69, 9.17) is 0 Å². The molecular weight excluding hydrogens is 328 g/mol. The predicted octanol–water partition coefficient (Wildman–Crippen LogP) is 4.82. The minimum Gasteiger partial charge on any atom is -0.298 e. The zero-order valence-electron chi connectivity index (χ0n) is 14.7. The largest absolute Gasteiger partial charge is 0.298 e. The number of para-hydroxylation sites is 1. The Balaban J connectivity index is 1.38. The standard InChI is InChI=1S/C21H24N2OS/c1-13-22-18-5-3-2-4-17(18)20(23-13)25-12-19(24)21-9-14-6-15(10-21)8-16(7-14)11-21/h2-5,14-16H,6-12H2,1H3. The molecule has 3 nitrogen and oxygen atoms in total. The number of benzene rings is 1. The first-order valence-corrected chi connectivity index (χ1v) is 10.5. The molecule has 0 aliphatic heterocycles. The van der Waals surface area contributed by atoms with E-state index in [0.29, 0.717) is 11.5 Å². The number of hydrogen-bond acceptors (Lipinski definition) is 4. The summed E-state index contributed by atoms with van der Waals surface area (Å²) in [5.74, 6) is 4.29. The number of carbonyl (C=O) groups excluding carboxylic acids is 1. The van der Waals surface area contributed by atoms with E-state index in [1.54, 1.807) is 11.8 Å². The first kappa shape index (κ1) is 15.8. The molecule has 4 aliphatic rings. The third-order valence-corrected chi connectivity index (χ3v) is 7.64. The van der Waals surface area contributed by atoms with Crippen molar-refractivity contribution in [1.82, 2.24) is 9.97 Å². The van der Waals surface area contributed by atoms with Gasteiger partial charge in [0.05, 0.1) is 11.3 Å². The summed E-state index contributed by atoms with van der Waals surface area (Å²) < 4.78 is 0. The van der Waals surface area contributed by atoms with E-state index in [2.05, 4.69) is 16.0 Å². The second kappa shape index (κ2) is 5.80. The normalized spacial score (nSPS) is 33.1. The topological polar surface area (TPSA) is 42.9 Å². The zero-order valence-corrected chi connectivity index (χ0v) is 15.5. The fourth-order valence-corrected chi connectivity index (χ4v) is 7.11. The van der Waals surface area contributed by atoms with Crippen LogP contribution in [0.15, 0.2) is 29.3 Å². The molecule has 4 aliphatic carbocycles. The van der Waals surface area contributed by atoms with Crippen LogP contribution in [0, 0.1) is 30.1 Å². The van der Waals surface area contributed by atoms with Gasteiger partial charge < -0.3 is 0 Å². The van der Waals surface area contributed by atoms with E-state index in [1.807, 2.05) is 25.1 Å². The Morgan fingerprint density at radius 3 is 2.40 bits per heavy atom. The molecule has 0 saturated heterocycles. The van der Waals surface area contributed by atoms with Gasteiger partial charge in [0.15, 0.2) is 0 Å². The van der Waals surface area contributed by atoms with Crippen molar-refractivity contribution < 1.29 is 4.79 Å². The Labute approximate surface area is 153 Å². The summed E-state index contributed by atoms with van der Waals surface area (Å²) in [5, 5.41) is 2.03. The highest BCUT2D eigenvalue weighted by atomic mass is 32.2. The molecule has 4 heteroatoms. The van der Waals surface area contributed by atoms with E-state index in [-0.39, 0.29) is 5.41 Å². The van der Waals surface area contributed by atoms with Crippen LogP contribution in [-0.4, -0.2) is 21.5 Å². The highest BCUT2D eigenvalue weighted by Gasteiger charge is 2.54. The third kappa shape index (κ3) is 2.69. The Morgan fingerprint density at radius 2 is 1.72 bits per heavy atom. The van der Waals surface area contributed by atoms with Gasteiger partial charge in [-0.05, 0) is 69.3 Å². The van der Waals surface area contributed by atoms with Crippen molar-refractivity contribution in [3.63, 3.8) is 0 Å². The molecule has 0 atom stereocenters. The molecule has 0 radical (unpaired) electrons. The molecular formula is C21H24N2OS. The molecule has 4 fully saturated rings. The van der Waals surface area contributed by atoms with E-state index in [9.17, 15) is 4.79 Å². The monoisotopic (exact) mass is 352 g/mol. The molecule has 0 N–H and O–H groups in total. The lowest BCUT2D eigenvalue weighted by atomic mass is 9.48. The van der Waals surface area contributed by atoms with Gasteiger partial charge in [-0.2, -0.15) is 0 Å². The van der Waals surface area contributed by atoms with Gasteiger partial charge in [0.1, 0.15) is 16.6 Å². The Morgan fingerprint density at radius 1 is 1.08 bits per heavy atom. The molecule has 0 amide bonds. The highest BCUT2D eigenvalue weighted by Crippen LogP contribution is 2.60. The summed E-state index contributed by atoms with van der Waals surface area (Å²) in [6.07, 6.45) is 7.62. The van der Waals surface area contributed by atoms with Gasteiger partial charge in [0.2, 0.25) is 0 Å². The smallest absolute Gasteiger partial charge is 0.149 e. The van der Waals surface area contributed by atoms with E-state index < -0.39 is 0 Å². The minimum absolute atomic E-state index is 0.000368. The quantitative estimate of drug-likeness (QED) is 0.585. The fourth-order valence-electron chi connectivity index (χ4n) is 6.01. The van der Waals surface area contributed by atoms with Crippen molar-refractivity contribution in [3.8, 4) is 0 Å². The number of Topliss-reactive ketones (excluding diaryl/α,β-unsaturated/α-hetero) is 1. The van der Waals surface area contributed by atoms with Crippen LogP contribution in [-0.2, 0) is 4.79 Å². The highest BCUT2D eigenvalue weighted by molar-refractivity contribution is 8.00. The molecule has 1 aromatic heterocycles. The number of ketones is 1. The first-order chi connectivity index (χ1) is 12.1. The van der Waals surface area contributed by atoms with Crippen LogP contribution >= 0.6 is 11.8 Å². The number of aromatic nitrogens is 2. The number of nitrogens with zero attached hydrogens (tertiary/aromatic N) is 2. The summed E-state index contributed by atoms with van der Waals surface area (Å²) in [6.45, 7) is 1.93. The summed E-state index contributed by atoms with van der Waals surface area (Å²) in [5.41, 5.74) is 0.972. The number of carbonyl (C=O) groups is 1. The lowest BCUT2D eigenvalue weighted by molar-refractivity contribution is -0.141. The SMILES string of the molecule is Cc1nc(SCC(=O)C23CC4CC(CC(C4)C2)C3)c2ccccc2n1. The maximum absolute atomic E-state index is 13.2. The Bertz CT molecular complexity index is 812. The van der Waals surface area contributed by atoms with Gasteiger partial charge in [0.25, 0.3) is 0 Å². The summed E-state index contributed by atoms with van der Waals surface area (Å²) in [6, 6.07) is 8.11. The number of hydrogen-bond donors (Lipinski definition) is 0. The molecule has 1 heterocycles. The number of fused-ring (bicyclic) bond motifs is 1. The van der Waals surface area contributed by atoms with Gasteiger partial charge in [-0.15, -0.1) is 0 Å². The second-order valence-corrected chi connectivity index (χ2v) is 9.47. The number of rotatable bonds is 4. The van der Waals surface area contributed by atoms with Crippen molar-refractivity contribution >= 4 is 28.4 Å². The van der Waals surface area contributed by atoms with Gasteiger partial charge in [-0.3, -0.25) is 4.79 Å². The predicted molar refractivity (Wildman–Crippen MR) is 101 cm³/mol. The van der Waals surface area contributed by atoms with E-state index in [0.717, 1.165) is 58.8 Å². The van der Waals surface area contributed by atoms with Gasteiger partial charge in [0, 0.05) is 10.8 Å². The van der Waals surface area contributed by atoms with Crippen LogP contribution in [0.5, 0.6) is 0 Å². The molecule has 0 spiro atoms. The molecule has 130 valence electrons. The van der Waals surface area contributed by atoms with Gasteiger partial charge in [-0.25, -0.2) is 9.97 Å². The van der Waals surface area contributed by atoms with Crippen molar-refractivity contribution in [3.05, 3.63) is 30.1 Å². The van der Waals surface area contributed by atoms with Crippen LogP contribution in [0.2, 0.25) is 0 Å². The van der Waals surface area contributed by atoms with Crippen molar-refractivity contribution in [2.75, 3.05) is 5.75 Å². The number of aryl methyl sites for hydroxylation is 1. The summed E-state index contributed by atoms with van der Waals surface area (Å²) >= 11 is 1.62. The average molecular weight is 353 g/mol. The lowest BCUT2D eigenvalue weighted by Gasteiger charge is -2.56. The summed E-state index contributed by atoms with van der Waals surface area (Å²) in [4.78, 5) is 22.4. The van der Waals surface area contributed by atoms with E-state index >= 15 is 0 Å². The van der Waals surface area contributed by atoms with Crippen LogP contribution in [0.1, 0.15) is 44.3 Å². The fraction of sp³-hybridized carbons (Fsp3) is 0.571. The average Bonchev–Trinajstić information content (AvgIpc) is 2.58. The van der Waals surface area contributed by atoms with Crippen molar-refractivity contribution in [2.24, 2.45) is 23.2 Å². The van der Waals surface area contributed by atoms with Crippen LogP contribution in [0.3, 0.4) is 0 Å². The maximum atomic E-state index is 13.2. The molecule has 4 bridgehead atoms. The molecule has 0 unspecified atom stereocenters. The Hall–Kier alpha value is -1.42. The zero-order chi connectivity index (χ0) is 17.0. The first-order valence-electron chi connectivity index (χ1n) is 9.51. The van der Waals surface area contributed by atoms with Crippen LogP contribution in [0.25, 0.3) is 10.9 Å². The maximum Gasteiger partial charge on any atom is 0.149 e. The minimum atomic E-state index is -0.000368. The molecule has 25 heavy (non-hydrogen) atoms. The molecule has 1 aromatic carbocycles. The Kier molecular flexibility index (Phi) is 3.67. The number of thioether (sulfide) groups is 1. The van der Waals surface area contributed by atoms with Crippen molar-refractivity contribution in [1.29, 1.82) is 0 Å². The lowest BCUT2D eigenvalue weighted by Crippen LogP contribution is -2.50. The van der Waals surface area contributed by atoms with Gasteiger partial charge >= 0.3 is 0 Å². The third-order valence-electron chi connectivity index (χ3n) is 6.65. The summed E-state index contributed by atoms with van der Waals surface area (Å²) in [7, 11) is 0. The molecule has 2 aromatic rings.